The first-order valence-electron chi connectivity index (χ1n) is 10.1. The summed E-state index contributed by atoms with van der Waals surface area (Å²) in [7, 11) is 0. The average Bonchev–Trinajstić information content (AvgIpc) is 2.55. The molecule has 3 heteroatoms. The largest absolute Gasteiger partial charge is 0.460 e. The molecule has 1 N–H and O–H groups in total. The van der Waals surface area contributed by atoms with Crippen molar-refractivity contribution in [3.63, 3.8) is 0 Å². The zero-order valence-electron chi connectivity index (χ0n) is 15.2. The molecule has 0 aromatic carbocycles. The van der Waals surface area contributed by atoms with Gasteiger partial charge in [-0.15, -0.1) is 0 Å². The molecule has 2 atom stereocenters. The molecular weight excluding hydrogens is 288 g/mol. The Morgan fingerprint density at radius 1 is 0.957 bits per heavy atom. The minimum atomic E-state index is -0.456. The molecule has 136 valence electrons. The van der Waals surface area contributed by atoms with E-state index < -0.39 is 6.10 Å². The van der Waals surface area contributed by atoms with E-state index in [1.807, 2.05) is 0 Å². The summed E-state index contributed by atoms with van der Waals surface area (Å²) in [5.74, 6) is -0.144. The Hall–Kier alpha value is -0.570. The van der Waals surface area contributed by atoms with Gasteiger partial charge in [0.15, 0.2) is 0 Å². The van der Waals surface area contributed by atoms with Gasteiger partial charge >= 0.3 is 5.97 Å². The van der Waals surface area contributed by atoms with E-state index in [9.17, 15) is 9.90 Å². The predicted molar refractivity (Wildman–Crippen MR) is 95.4 cm³/mol. The van der Waals surface area contributed by atoms with Crippen LogP contribution in [0.1, 0.15) is 110 Å². The number of hydrogen-bond donors (Lipinski definition) is 1. The molecule has 0 saturated carbocycles. The Bertz CT molecular complexity index is 291. The molecule has 0 aromatic rings. The maximum absolute atomic E-state index is 11.2. The number of aliphatic hydroxyl groups excluding tert-OH is 1. The first kappa shape index (κ1) is 20.5. The Morgan fingerprint density at radius 3 is 2.00 bits per heavy atom. The molecule has 1 aliphatic heterocycles. The zero-order chi connectivity index (χ0) is 16.8. The lowest BCUT2D eigenvalue weighted by Crippen LogP contribution is -2.34. The number of carbonyl (C=O) groups is 1. The Balaban J connectivity index is 1.83. The van der Waals surface area contributed by atoms with Crippen LogP contribution in [0.4, 0.5) is 0 Å². The maximum Gasteiger partial charge on any atom is 0.306 e. The van der Waals surface area contributed by atoms with Crippen molar-refractivity contribution in [2.75, 3.05) is 0 Å². The third kappa shape index (κ3) is 10.8. The highest BCUT2D eigenvalue weighted by molar-refractivity contribution is 5.70. The van der Waals surface area contributed by atoms with E-state index in [0.717, 1.165) is 25.7 Å². The molecule has 3 nitrogen and oxygen atoms in total. The molecule has 2 unspecified atom stereocenters. The van der Waals surface area contributed by atoms with Gasteiger partial charge in [0, 0.05) is 6.42 Å². The van der Waals surface area contributed by atoms with Crippen LogP contribution in [0, 0.1) is 0 Å². The highest BCUT2D eigenvalue weighted by Gasteiger charge is 2.26. The molecular formula is C20H38O3. The number of unbranched alkanes of at least 4 members (excludes halogenated alkanes) is 11. The third-order valence-corrected chi connectivity index (χ3v) is 4.93. The summed E-state index contributed by atoms with van der Waals surface area (Å²) in [6, 6.07) is 0. The van der Waals surface area contributed by atoms with Crippen molar-refractivity contribution < 1.29 is 14.6 Å². The van der Waals surface area contributed by atoms with Crippen molar-refractivity contribution in [1.29, 1.82) is 0 Å². The smallest absolute Gasteiger partial charge is 0.306 e. The van der Waals surface area contributed by atoms with Gasteiger partial charge in [0.25, 0.3) is 0 Å². The molecule has 0 bridgehead atoms. The van der Waals surface area contributed by atoms with Gasteiger partial charge in [0.1, 0.15) is 6.10 Å². The molecule has 0 aromatic heterocycles. The Morgan fingerprint density at radius 2 is 1.48 bits per heavy atom. The van der Waals surface area contributed by atoms with Crippen LogP contribution in [0.5, 0.6) is 0 Å². The van der Waals surface area contributed by atoms with E-state index in [2.05, 4.69) is 6.92 Å². The number of esters is 1. The highest BCUT2D eigenvalue weighted by Crippen LogP contribution is 2.20. The van der Waals surface area contributed by atoms with E-state index >= 15 is 0 Å². The maximum atomic E-state index is 11.2. The van der Waals surface area contributed by atoms with Gasteiger partial charge in [-0.05, 0) is 19.3 Å². The minimum Gasteiger partial charge on any atom is -0.460 e. The topological polar surface area (TPSA) is 46.5 Å². The number of hydrogen-bond acceptors (Lipinski definition) is 3. The second-order valence-corrected chi connectivity index (χ2v) is 7.17. The first-order chi connectivity index (χ1) is 11.2. The monoisotopic (exact) mass is 326 g/mol. The van der Waals surface area contributed by atoms with Gasteiger partial charge in [0.05, 0.1) is 6.10 Å². The fraction of sp³-hybridized carbons (Fsp3) is 0.950. The van der Waals surface area contributed by atoms with Crippen LogP contribution >= 0.6 is 0 Å². The SMILES string of the molecule is CCCCCCCCCCCCCCC(O)C1CCCC(=O)O1. The van der Waals surface area contributed by atoms with Gasteiger partial charge in [0.2, 0.25) is 0 Å². The number of carbonyl (C=O) groups excluding carboxylic acids is 1. The minimum absolute atomic E-state index is 0.144. The van der Waals surface area contributed by atoms with Crippen molar-refractivity contribution >= 4 is 5.97 Å². The molecule has 1 heterocycles. The molecule has 1 fully saturated rings. The van der Waals surface area contributed by atoms with Crippen molar-refractivity contribution in [3.8, 4) is 0 Å². The Kier molecular flexibility index (Phi) is 12.3. The van der Waals surface area contributed by atoms with Crippen molar-refractivity contribution in [1.82, 2.24) is 0 Å². The van der Waals surface area contributed by atoms with Crippen LogP contribution in [0.15, 0.2) is 0 Å². The van der Waals surface area contributed by atoms with Crippen molar-refractivity contribution in [2.24, 2.45) is 0 Å². The van der Waals surface area contributed by atoms with Crippen LogP contribution in [-0.4, -0.2) is 23.3 Å². The van der Waals surface area contributed by atoms with E-state index in [1.54, 1.807) is 0 Å². The van der Waals surface area contributed by atoms with E-state index in [0.29, 0.717) is 6.42 Å². The number of rotatable bonds is 14. The van der Waals surface area contributed by atoms with Crippen molar-refractivity contribution in [3.05, 3.63) is 0 Å². The van der Waals surface area contributed by atoms with Gasteiger partial charge < -0.3 is 9.84 Å². The molecule has 0 aliphatic carbocycles. The predicted octanol–water partition coefficient (Wildman–Crippen LogP) is 5.53. The lowest BCUT2D eigenvalue weighted by Gasteiger charge is -2.26. The summed E-state index contributed by atoms with van der Waals surface area (Å²) in [6.07, 6.45) is 18.2. The lowest BCUT2D eigenvalue weighted by molar-refractivity contribution is -0.161. The second-order valence-electron chi connectivity index (χ2n) is 7.17. The number of cyclic esters (lactones) is 1. The third-order valence-electron chi connectivity index (χ3n) is 4.93. The highest BCUT2D eigenvalue weighted by atomic mass is 16.6. The van der Waals surface area contributed by atoms with Crippen molar-refractivity contribution in [2.45, 2.75) is 122 Å². The summed E-state index contributed by atoms with van der Waals surface area (Å²) in [5, 5.41) is 10.1. The quantitative estimate of drug-likeness (QED) is 0.337. The van der Waals surface area contributed by atoms with Gasteiger partial charge in [-0.3, -0.25) is 4.79 Å². The summed E-state index contributed by atoms with van der Waals surface area (Å²) < 4.78 is 5.22. The number of ether oxygens (including phenoxy) is 1. The fourth-order valence-corrected chi connectivity index (χ4v) is 3.39. The number of aliphatic hydroxyl groups is 1. The van der Waals surface area contributed by atoms with Gasteiger partial charge in [-0.1, -0.05) is 84.0 Å². The lowest BCUT2D eigenvalue weighted by atomic mass is 9.98. The molecule has 1 saturated heterocycles. The fourth-order valence-electron chi connectivity index (χ4n) is 3.39. The standard InChI is InChI=1S/C20H38O3/c1-2-3-4-5-6-7-8-9-10-11-12-13-15-18(21)19-16-14-17-20(22)23-19/h18-19,21H,2-17H2,1H3. The zero-order valence-corrected chi connectivity index (χ0v) is 15.2. The van der Waals surface area contributed by atoms with Crippen LogP contribution in [0.2, 0.25) is 0 Å². The summed E-state index contributed by atoms with van der Waals surface area (Å²) in [6.45, 7) is 2.26. The van der Waals surface area contributed by atoms with E-state index in [1.165, 1.54) is 70.6 Å². The summed E-state index contributed by atoms with van der Waals surface area (Å²) in [4.78, 5) is 11.2. The summed E-state index contributed by atoms with van der Waals surface area (Å²) >= 11 is 0. The van der Waals surface area contributed by atoms with Gasteiger partial charge in [-0.2, -0.15) is 0 Å². The van der Waals surface area contributed by atoms with Gasteiger partial charge in [-0.25, -0.2) is 0 Å². The molecule has 23 heavy (non-hydrogen) atoms. The molecule has 1 aliphatic rings. The van der Waals surface area contributed by atoms with Crippen LogP contribution < -0.4 is 0 Å². The van der Waals surface area contributed by atoms with E-state index in [-0.39, 0.29) is 12.1 Å². The summed E-state index contributed by atoms with van der Waals surface area (Å²) in [5.41, 5.74) is 0. The normalized spacial score (nSPS) is 19.6. The molecule has 1 rings (SSSR count). The average molecular weight is 327 g/mol. The molecule has 0 spiro atoms. The van der Waals surface area contributed by atoms with Crippen LogP contribution in [-0.2, 0) is 9.53 Å². The van der Waals surface area contributed by atoms with Crippen LogP contribution in [0.25, 0.3) is 0 Å². The first-order valence-corrected chi connectivity index (χ1v) is 10.1. The van der Waals surface area contributed by atoms with Crippen LogP contribution in [0.3, 0.4) is 0 Å². The second kappa shape index (κ2) is 13.8. The molecule has 0 amide bonds. The molecule has 0 radical (unpaired) electrons. The Labute approximate surface area is 143 Å². The van der Waals surface area contributed by atoms with E-state index in [4.69, 9.17) is 4.74 Å².